The van der Waals surface area contributed by atoms with Crippen molar-refractivity contribution in [1.29, 1.82) is 0 Å². The summed E-state index contributed by atoms with van der Waals surface area (Å²) in [6, 6.07) is 0. The van der Waals surface area contributed by atoms with Crippen LogP contribution in [0.2, 0.25) is 0 Å². The van der Waals surface area contributed by atoms with Gasteiger partial charge in [0, 0.05) is 18.3 Å². The van der Waals surface area contributed by atoms with Gasteiger partial charge in [0.25, 0.3) is 0 Å². The lowest BCUT2D eigenvalue weighted by molar-refractivity contribution is 0.410. The first kappa shape index (κ1) is 13.9. The fourth-order valence-electron chi connectivity index (χ4n) is 1.43. The minimum atomic E-state index is 0.711. The van der Waals surface area contributed by atoms with Crippen LogP contribution in [0.4, 0.5) is 0 Å². The van der Waals surface area contributed by atoms with E-state index in [-0.39, 0.29) is 0 Å². The molecule has 0 N–H and O–H groups in total. The highest BCUT2D eigenvalue weighted by Gasteiger charge is 2.08. The van der Waals surface area contributed by atoms with E-state index in [0.717, 1.165) is 13.1 Å². The summed E-state index contributed by atoms with van der Waals surface area (Å²) in [5.74, 6) is 0. The Labute approximate surface area is 93.9 Å². The Kier molecular flexibility index (Phi) is 8.15. The molecule has 0 aromatic heterocycles. The molecule has 84 valence electrons. The monoisotopic (exact) mass is 215 g/mol. The van der Waals surface area contributed by atoms with Gasteiger partial charge in [0.05, 0.1) is 5.03 Å². The van der Waals surface area contributed by atoms with Gasteiger partial charge in [-0.1, -0.05) is 33.3 Å². The summed E-state index contributed by atoms with van der Waals surface area (Å²) >= 11 is 1.93. The van der Waals surface area contributed by atoms with Crippen molar-refractivity contribution in [3.8, 4) is 0 Å². The fourth-order valence-corrected chi connectivity index (χ4v) is 2.59. The molecule has 1 unspecified atom stereocenters. The Morgan fingerprint density at radius 3 is 2.29 bits per heavy atom. The Morgan fingerprint density at radius 2 is 1.86 bits per heavy atom. The van der Waals surface area contributed by atoms with Gasteiger partial charge in [-0.2, -0.15) is 0 Å². The lowest BCUT2D eigenvalue weighted by atomic mass is 10.2. The molecule has 0 aromatic carbocycles. The van der Waals surface area contributed by atoms with Gasteiger partial charge < -0.3 is 4.90 Å². The summed E-state index contributed by atoms with van der Waals surface area (Å²) in [7, 11) is 0. The molecular formula is C12H25NS. The lowest BCUT2D eigenvalue weighted by Gasteiger charge is -2.24. The van der Waals surface area contributed by atoms with Crippen LogP contribution >= 0.6 is 11.8 Å². The van der Waals surface area contributed by atoms with E-state index in [0.29, 0.717) is 5.25 Å². The van der Waals surface area contributed by atoms with Crippen molar-refractivity contribution < 1.29 is 0 Å². The summed E-state index contributed by atoms with van der Waals surface area (Å²) in [6.45, 7) is 15.2. The second-order valence-electron chi connectivity index (χ2n) is 3.64. The van der Waals surface area contributed by atoms with Crippen molar-refractivity contribution in [3.63, 3.8) is 0 Å². The van der Waals surface area contributed by atoms with Crippen molar-refractivity contribution in [1.82, 2.24) is 4.90 Å². The summed E-state index contributed by atoms with van der Waals surface area (Å²) < 4.78 is 0. The maximum Gasteiger partial charge on any atom is 0.0636 e. The topological polar surface area (TPSA) is 3.24 Å². The van der Waals surface area contributed by atoms with Crippen LogP contribution in [0.25, 0.3) is 0 Å². The van der Waals surface area contributed by atoms with E-state index in [4.69, 9.17) is 0 Å². The molecule has 1 atom stereocenters. The summed E-state index contributed by atoms with van der Waals surface area (Å²) in [5, 5.41) is 1.95. The molecule has 2 heteroatoms. The minimum Gasteiger partial charge on any atom is -0.367 e. The van der Waals surface area contributed by atoms with Gasteiger partial charge in [-0.25, -0.2) is 0 Å². The molecule has 0 saturated carbocycles. The molecule has 0 aliphatic carbocycles. The highest BCUT2D eigenvalue weighted by atomic mass is 32.2. The van der Waals surface area contributed by atoms with E-state index in [1.165, 1.54) is 24.3 Å². The second kappa shape index (κ2) is 8.22. The number of nitrogens with zero attached hydrogens (tertiary/aromatic N) is 1. The molecule has 0 radical (unpaired) electrons. The molecule has 14 heavy (non-hydrogen) atoms. The summed E-state index contributed by atoms with van der Waals surface area (Å²) in [5.41, 5.74) is 0. The van der Waals surface area contributed by atoms with Crippen molar-refractivity contribution >= 4 is 11.8 Å². The van der Waals surface area contributed by atoms with Crippen LogP contribution in [0, 0.1) is 0 Å². The average Bonchev–Trinajstić information content (AvgIpc) is 2.16. The van der Waals surface area contributed by atoms with E-state index in [9.17, 15) is 0 Å². The zero-order valence-electron chi connectivity index (χ0n) is 10.2. The fraction of sp³-hybridized carbons (Fsp3) is 0.833. The quantitative estimate of drug-likeness (QED) is 0.599. The number of hydrogen-bond donors (Lipinski definition) is 0. The lowest BCUT2D eigenvalue weighted by Crippen LogP contribution is -2.20. The van der Waals surface area contributed by atoms with Crippen LogP contribution < -0.4 is 0 Å². The number of unbranched alkanes of at least 4 members (excludes halogenated alkanes) is 1. The average molecular weight is 215 g/mol. The van der Waals surface area contributed by atoms with E-state index >= 15 is 0 Å². The molecule has 0 aliphatic rings. The van der Waals surface area contributed by atoms with Gasteiger partial charge in [0.1, 0.15) is 0 Å². The normalized spacial score (nSPS) is 12.6. The molecule has 0 heterocycles. The van der Waals surface area contributed by atoms with E-state index in [1.807, 2.05) is 11.8 Å². The smallest absolute Gasteiger partial charge is 0.0636 e. The van der Waals surface area contributed by atoms with Gasteiger partial charge in [-0.05, 0) is 20.3 Å². The SMILES string of the molecule is C=C(SC(C)CCCC)N(CC)CC. The first-order chi connectivity index (χ1) is 6.65. The third-order valence-corrected chi connectivity index (χ3v) is 3.59. The van der Waals surface area contributed by atoms with E-state index in [1.54, 1.807) is 0 Å². The maximum absolute atomic E-state index is 4.13. The van der Waals surface area contributed by atoms with Gasteiger partial charge in [0.15, 0.2) is 0 Å². The van der Waals surface area contributed by atoms with Crippen LogP contribution in [-0.4, -0.2) is 23.2 Å². The summed E-state index contributed by atoms with van der Waals surface area (Å²) in [6.07, 6.45) is 3.93. The molecule has 0 rings (SSSR count). The Balaban J connectivity index is 3.79. The van der Waals surface area contributed by atoms with Crippen LogP contribution in [0.15, 0.2) is 11.6 Å². The molecule has 0 bridgehead atoms. The van der Waals surface area contributed by atoms with Crippen LogP contribution in [0.3, 0.4) is 0 Å². The zero-order valence-corrected chi connectivity index (χ0v) is 11.0. The third-order valence-electron chi connectivity index (χ3n) is 2.42. The minimum absolute atomic E-state index is 0.711. The van der Waals surface area contributed by atoms with Crippen LogP contribution in [0.5, 0.6) is 0 Å². The second-order valence-corrected chi connectivity index (χ2v) is 5.15. The predicted octanol–water partition coefficient (Wildman–Crippen LogP) is 4.11. The van der Waals surface area contributed by atoms with Crippen molar-refractivity contribution in [2.75, 3.05) is 13.1 Å². The highest BCUT2D eigenvalue weighted by Crippen LogP contribution is 2.26. The Morgan fingerprint density at radius 1 is 1.29 bits per heavy atom. The zero-order chi connectivity index (χ0) is 11.0. The largest absolute Gasteiger partial charge is 0.367 e. The van der Waals surface area contributed by atoms with Crippen molar-refractivity contribution in [2.24, 2.45) is 0 Å². The standard InChI is InChI=1S/C12H25NS/c1-6-9-10-11(4)14-12(5)13(7-2)8-3/h11H,5-10H2,1-4H3. The van der Waals surface area contributed by atoms with Crippen molar-refractivity contribution in [3.05, 3.63) is 11.6 Å². The number of rotatable bonds is 8. The third kappa shape index (κ3) is 5.58. The Bertz CT molecular complexity index is 152. The van der Waals surface area contributed by atoms with Crippen LogP contribution in [-0.2, 0) is 0 Å². The summed E-state index contributed by atoms with van der Waals surface area (Å²) in [4.78, 5) is 2.33. The predicted molar refractivity (Wildman–Crippen MR) is 68.6 cm³/mol. The molecule has 0 saturated heterocycles. The number of hydrogen-bond acceptors (Lipinski definition) is 2. The number of thioether (sulfide) groups is 1. The molecule has 0 fully saturated rings. The van der Waals surface area contributed by atoms with Gasteiger partial charge >= 0.3 is 0 Å². The van der Waals surface area contributed by atoms with Crippen LogP contribution in [0.1, 0.15) is 47.0 Å². The van der Waals surface area contributed by atoms with Crippen molar-refractivity contribution in [2.45, 2.75) is 52.2 Å². The Hall–Kier alpha value is -0.110. The molecule has 0 aromatic rings. The van der Waals surface area contributed by atoms with Gasteiger partial charge in [-0.15, -0.1) is 11.8 Å². The molecule has 1 nitrogen and oxygen atoms in total. The van der Waals surface area contributed by atoms with Gasteiger partial charge in [-0.3, -0.25) is 0 Å². The van der Waals surface area contributed by atoms with E-state index in [2.05, 4.69) is 39.2 Å². The molecular weight excluding hydrogens is 190 g/mol. The molecule has 0 amide bonds. The van der Waals surface area contributed by atoms with E-state index < -0.39 is 0 Å². The molecule has 0 aliphatic heterocycles. The maximum atomic E-state index is 4.13. The molecule has 0 spiro atoms. The highest BCUT2D eigenvalue weighted by molar-refractivity contribution is 8.03. The first-order valence-electron chi connectivity index (χ1n) is 5.76. The van der Waals surface area contributed by atoms with Gasteiger partial charge in [0.2, 0.25) is 0 Å². The first-order valence-corrected chi connectivity index (χ1v) is 6.64.